The second-order valence-corrected chi connectivity index (χ2v) is 9.61. The van der Waals surface area contributed by atoms with Gasteiger partial charge in [-0.3, -0.25) is 19.3 Å². The smallest absolute Gasteiger partial charge is 0.273 e. The Labute approximate surface area is 216 Å². The highest BCUT2D eigenvalue weighted by molar-refractivity contribution is 7.09. The molecule has 3 aromatic rings. The minimum atomic E-state index is -1.15. The first kappa shape index (κ1) is 24.4. The Morgan fingerprint density at radius 2 is 1.78 bits per heavy atom. The van der Waals surface area contributed by atoms with Gasteiger partial charge >= 0.3 is 0 Å². The Kier molecular flexibility index (Phi) is 6.57. The number of benzene rings is 2. The predicted molar refractivity (Wildman–Crippen MR) is 136 cm³/mol. The zero-order valence-electron chi connectivity index (χ0n) is 19.7. The van der Waals surface area contributed by atoms with Crippen LogP contribution in [0.5, 0.6) is 17.2 Å². The third kappa shape index (κ3) is 4.75. The molecule has 192 valence electrons. The van der Waals surface area contributed by atoms with Crippen LogP contribution < -0.4 is 31.2 Å². The molecule has 1 saturated carbocycles. The average molecular weight is 524 g/mol. The molecule has 0 saturated heterocycles. The van der Waals surface area contributed by atoms with Gasteiger partial charge in [0.05, 0.1) is 5.69 Å². The fraction of sp³-hybridized carbons (Fsp3) is 0.280. The normalized spacial score (nSPS) is 15.4. The van der Waals surface area contributed by atoms with E-state index in [2.05, 4.69) is 9.69 Å². The molecule has 0 bridgehead atoms. The Balaban J connectivity index is 1.64. The Morgan fingerprint density at radius 3 is 2.46 bits per heavy atom. The van der Waals surface area contributed by atoms with Crippen LogP contribution in [0.3, 0.4) is 0 Å². The summed E-state index contributed by atoms with van der Waals surface area (Å²) in [5, 5.41) is 12.9. The van der Waals surface area contributed by atoms with Crippen LogP contribution >= 0.6 is 11.5 Å². The third-order valence-electron chi connectivity index (χ3n) is 6.43. The van der Waals surface area contributed by atoms with Gasteiger partial charge in [-0.2, -0.15) is 4.37 Å². The highest BCUT2D eigenvalue weighted by Gasteiger charge is 2.37. The average Bonchev–Trinajstić information content (AvgIpc) is 3.63. The first-order valence-corrected chi connectivity index (χ1v) is 12.5. The van der Waals surface area contributed by atoms with Crippen LogP contribution in [-0.4, -0.2) is 40.0 Å². The van der Waals surface area contributed by atoms with Crippen LogP contribution in [-0.2, 0) is 4.79 Å². The number of amides is 3. The third-order valence-corrected chi connectivity index (χ3v) is 7.28. The summed E-state index contributed by atoms with van der Waals surface area (Å²) in [5.74, 6) is -0.996. The topological polar surface area (TPSA) is 170 Å². The highest BCUT2D eigenvalue weighted by atomic mass is 32.1. The molecule has 6 N–H and O–H groups in total. The van der Waals surface area contributed by atoms with Gasteiger partial charge < -0.3 is 31.4 Å². The number of phenolic OH excluding ortho intramolecular Hbond substituents is 1. The van der Waals surface area contributed by atoms with Gasteiger partial charge in [-0.05, 0) is 54.2 Å². The number of ether oxygens (including phenoxy) is 2. The number of hydrogen-bond donors (Lipinski definition) is 4. The second-order valence-electron chi connectivity index (χ2n) is 8.83. The lowest BCUT2D eigenvalue weighted by Crippen LogP contribution is -2.46. The largest absolute Gasteiger partial charge is 0.508 e. The molecule has 1 aliphatic carbocycles. The molecular formula is C25H25N5O6S. The highest BCUT2D eigenvalue weighted by Crippen LogP contribution is 2.40. The van der Waals surface area contributed by atoms with Crippen LogP contribution in [0, 0.1) is 0 Å². The fourth-order valence-corrected chi connectivity index (χ4v) is 5.32. The Bertz CT molecular complexity index is 1350. The number of rotatable bonds is 7. The molecule has 12 heteroatoms. The van der Waals surface area contributed by atoms with Crippen molar-refractivity contribution in [2.75, 3.05) is 17.4 Å². The summed E-state index contributed by atoms with van der Waals surface area (Å²) < 4.78 is 14.9. The molecule has 1 atom stereocenters. The summed E-state index contributed by atoms with van der Waals surface area (Å²) in [6, 6.07) is 9.75. The van der Waals surface area contributed by atoms with Crippen molar-refractivity contribution in [3.05, 3.63) is 58.6 Å². The number of phenols is 1. The Morgan fingerprint density at radius 1 is 1.08 bits per heavy atom. The first-order valence-electron chi connectivity index (χ1n) is 11.7. The summed E-state index contributed by atoms with van der Waals surface area (Å²) in [7, 11) is 0. The molecule has 0 unspecified atom stereocenters. The van der Waals surface area contributed by atoms with Gasteiger partial charge in [0.25, 0.3) is 11.8 Å². The zero-order valence-corrected chi connectivity index (χ0v) is 20.5. The maximum Gasteiger partial charge on any atom is 0.273 e. The van der Waals surface area contributed by atoms with Crippen LogP contribution in [0.4, 0.5) is 11.4 Å². The van der Waals surface area contributed by atoms with Crippen LogP contribution in [0.1, 0.15) is 57.4 Å². The fourth-order valence-electron chi connectivity index (χ4n) is 4.58. The van der Waals surface area contributed by atoms with Crippen LogP contribution in [0.25, 0.3) is 0 Å². The summed E-state index contributed by atoms with van der Waals surface area (Å²) in [5.41, 5.74) is 11.9. The van der Waals surface area contributed by atoms with Gasteiger partial charge in [-0.15, -0.1) is 0 Å². The van der Waals surface area contributed by atoms with E-state index in [9.17, 15) is 19.5 Å². The lowest BCUT2D eigenvalue weighted by Gasteiger charge is -2.32. The number of fused-ring (bicyclic) bond motifs is 1. The quantitative estimate of drug-likeness (QED) is 0.366. The van der Waals surface area contributed by atoms with Crippen molar-refractivity contribution >= 4 is 40.6 Å². The SMILES string of the molecule is NC(=O)c1nsc(C(=O)N(c2ccc3c(c2)OCO3)[C@@H](C(=O)NC2CCCC2)c2ccc(O)cc2)c1N. The second kappa shape index (κ2) is 9.97. The van der Waals surface area contributed by atoms with Crippen molar-refractivity contribution in [2.45, 2.75) is 37.8 Å². The molecule has 11 nitrogen and oxygen atoms in total. The minimum absolute atomic E-state index is 0.0115. The van der Waals surface area contributed by atoms with E-state index in [0.29, 0.717) is 22.7 Å². The standard InChI is InChI=1S/C25H25N5O6S/c26-19-20(23(27)32)29-37-22(19)25(34)30(15-7-10-17-18(11-15)36-12-35-17)21(13-5-8-16(31)9-6-13)24(33)28-14-3-1-2-4-14/h5-11,14,21,31H,1-4,12,26H2,(H2,27,32)(H,28,33)/t21-/m1/s1. The Hall–Kier alpha value is -4.32. The van der Waals surface area contributed by atoms with Crippen molar-refractivity contribution < 1.29 is 29.0 Å². The van der Waals surface area contributed by atoms with Gasteiger partial charge in [0.2, 0.25) is 12.7 Å². The van der Waals surface area contributed by atoms with E-state index in [-0.39, 0.29) is 34.8 Å². The molecular weight excluding hydrogens is 498 g/mol. The van der Waals surface area contributed by atoms with E-state index in [0.717, 1.165) is 37.2 Å². The summed E-state index contributed by atoms with van der Waals surface area (Å²) in [6.45, 7) is 0.0278. The van der Waals surface area contributed by atoms with Gasteiger partial charge in [0.15, 0.2) is 17.2 Å². The predicted octanol–water partition coefficient (Wildman–Crippen LogP) is 2.71. The summed E-state index contributed by atoms with van der Waals surface area (Å²) in [6.07, 6.45) is 3.70. The number of nitrogens with two attached hydrogens (primary N) is 2. The maximum absolute atomic E-state index is 14.1. The number of carbonyl (C=O) groups excluding carboxylic acids is 3. The molecule has 2 aromatic carbocycles. The van der Waals surface area contributed by atoms with Gasteiger partial charge in [0, 0.05) is 17.8 Å². The van der Waals surface area contributed by atoms with Crippen molar-refractivity contribution in [2.24, 2.45) is 5.73 Å². The monoisotopic (exact) mass is 523 g/mol. The molecule has 1 aliphatic heterocycles. The lowest BCUT2D eigenvalue weighted by atomic mass is 10.0. The number of hydrogen-bond acceptors (Lipinski definition) is 9. The van der Waals surface area contributed by atoms with Crippen molar-refractivity contribution in [3.63, 3.8) is 0 Å². The van der Waals surface area contributed by atoms with Crippen molar-refractivity contribution in [3.8, 4) is 17.2 Å². The number of aromatic hydroxyl groups is 1. The zero-order chi connectivity index (χ0) is 26.1. The molecule has 5 rings (SSSR count). The van der Waals surface area contributed by atoms with E-state index in [1.807, 2.05) is 0 Å². The lowest BCUT2D eigenvalue weighted by molar-refractivity contribution is -0.123. The summed E-state index contributed by atoms with van der Waals surface area (Å²) in [4.78, 5) is 40.9. The van der Waals surface area contributed by atoms with Crippen molar-refractivity contribution in [1.82, 2.24) is 9.69 Å². The molecule has 2 aliphatic rings. The number of anilines is 2. The number of nitrogens with one attached hydrogen (secondary N) is 1. The number of primary amides is 1. The molecule has 37 heavy (non-hydrogen) atoms. The van der Waals surface area contributed by atoms with Gasteiger partial charge in [-0.25, -0.2) is 0 Å². The molecule has 1 aromatic heterocycles. The van der Waals surface area contributed by atoms with E-state index in [4.69, 9.17) is 20.9 Å². The van der Waals surface area contributed by atoms with Crippen molar-refractivity contribution in [1.29, 1.82) is 0 Å². The van der Waals surface area contributed by atoms with E-state index in [1.165, 1.54) is 17.0 Å². The van der Waals surface area contributed by atoms with E-state index < -0.39 is 23.8 Å². The molecule has 3 amide bonds. The molecule has 0 spiro atoms. The van der Waals surface area contributed by atoms with E-state index >= 15 is 0 Å². The number of carbonyl (C=O) groups is 3. The maximum atomic E-state index is 14.1. The first-order chi connectivity index (χ1) is 17.8. The number of aromatic nitrogens is 1. The van der Waals surface area contributed by atoms with Gasteiger partial charge in [0.1, 0.15) is 16.7 Å². The molecule has 1 fully saturated rings. The number of nitrogens with zero attached hydrogens (tertiary/aromatic N) is 2. The minimum Gasteiger partial charge on any atom is -0.508 e. The summed E-state index contributed by atoms with van der Waals surface area (Å²) >= 11 is 0.726. The van der Waals surface area contributed by atoms with Crippen LogP contribution in [0.2, 0.25) is 0 Å². The van der Waals surface area contributed by atoms with Gasteiger partial charge in [-0.1, -0.05) is 25.0 Å². The molecule has 0 radical (unpaired) electrons. The molecule has 2 heterocycles. The number of nitrogen functional groups attached to an aromatic ring is 1. The van der Waals surface area contributed by atoms with E-state index in [1.54, 1.807) is 30.3 Å². The van der Waals surface area contributed by atoms with Crippen LogP contribution in [0.15, 0.2) is 42.5 Å².